The first-order valence-corrected chi connectivity index (χ1v) is 14.6. The number of hydrogen-bond acceptors (Lipinski definition) is 2. The van der Waals surface area contributed by atoms with Gasteiger partial charge in [-0.2, -0.15) is 0 Å². The van der Waals surface area contributed by atoms with E-state index >= 15 is 0 Å². The summed E-state index contributed by atoms with van der Waals surface area (Å²) < 4.78 is 5.94. The van der Waals surface area contributed by atoms with Crippen LogP contribution in [0.1, 0.15) is 56.9 Å². The lowest BCUT2D eigenvalue weighted by Crippen LogP contribution is -2.14. The second-order valence-corrected chi connectivity index (χ2v) is 10.7. The second-order valence-electron chi connectivity index (χ2n) is 10.7. The number of nitrogens with two attached hydrogens (primary N) is 1. The third-order valence-corrected chi connectivity index (χ3v) is 8.04. The van der Waals surface area contributed by atoms with Gasteiger partial charge in [0.1, 0.15) is 11.2 Å². The van der Waals surface area contributed by atoms with Gasteiger partial charge >= 0.3 is 0 Å². The van der Waals surface area contributed by atoms with E-state index in [2.05, 4.69) is 94.1 Å². The Morgan fingerprint density at radius 1 is 0.707 bits per heavy atom. The lowest BCUT2D eigenvalue weighted by atomic mass is 9.82. The third-order valence-electron chi connectivity index (χ3n) is 8.04. The minimum absolute atomic E-state index is 0.150. The number of furan rings is 1. The lowest BCUT2D eigenvalue weighted by molar-refractivity contribution is 0.660. The molecule has 0 aliphatic heterocycles. The molecular weight excluding hydrogens is 498 g/mol. The molecule has 1 aliphatic carbocycles. The van der Waals surface area contributed by atoms with E-state index in [1.807, 2.05) is 56.3 Å². The second kappa shape index (κ2) is 11.5. The number of benzene rings is 5. The number of fused-ring (bicyclic) bond motifs is 6. The van der Waals surface area contributed by atoms with Crippen LogP contribution in [0.5, 0.6) is 0 Å². The number of hydrogen-bond donors (Lipinski definition) is 1. The summed E-state index contributed by atoms with van der Waals surface area (Å²) in [4.78, 5) is 0. The number of aryl methyl sites for hydroxylation is 1. The van der Waals surface area contributed by atoms with E-state index in [9.17, 15) is 0 Å². The summed E-state index contributed by atoms with van der Waals surface area (Å²) in [5.74, 6) is 0. The minimum Gasteiger partial charge on any atom is -0.456 e. The van der Waals surface area contributed by atoms with Gasteiger partial charge in [-0.05, 0) is 63.1 Å². The molecule has 0 saturated heterocycles. The molecule has 0 amide bonds. The predicted molar refractivity (Wildman–Crippen MR) is 177 cm³/mol. The average molecular weight is 538 g/mol. The van der Waals surface area contributed by atoms with E-state index in [4.69, 9.17) is 10.2 Å². The highest BCUT2D eigenvalue weighted by Gasteiger charge is 2.35. The zero-order valence-electron chi connectivity index (χ0n) is 24.8. The lowest BCUT2D eigenvalue weighted by Gasteiger charge is -2.21. The topological polar surface area (TPSA) is 39.2 Å². The molecule has 6 aromatic rings. The van der Waals surface area contributed by atoms with Crippen molar-refractivity contribution in [2.45, 2.75) is 46.5 Å². The summed E-state index contributed by atoms with van der Waals surface area (Å²) in [6, 6.07) is 38.0. The van der Waals surface area contributed by atoms with Crippen molar-refractivity contribution in [3.63, 3.8) is 0 Å². The highest BCUT2D eigenvalue weighted by Crippen LogP contribution is 2.49. The predicted octanol–water partition coefficient (Wildman–Crippen LogP) is 10.8. The van der Waals surface area contributed by atoms with Crippen LogP contribution in [0, 0.1) is 0 Å². The number of rotatable bonds is 3. The zero-order valence-corrected chi connectivity index (χ0v) is 24.8. The highest BCUT2D eigenvalue weighted by molar-refractivity contribution is 6.12. The number of para-hydroxylation sites is 1. The van der Waals surface area contributed by atoms with Crippen LogP contribution in [0.25, 0.3) is 49.9 Å². The molecule has 0 bridgehead atoms. The molecule has 1 heterocycles. The van der Waals surface area contributed by atoms with Crippen LogP contribution >= 0.6 is 0 Å². The van der Waals surface area contributed by atoms with Gasteiger partial charge < -0.3 is 10.2 Å². The molecule has 0 atom stereocenters. The van der Waals surface area contributed by atoms with Crippen molar-refractivity contribution in [2.75, 3.05) is 0 Å². The summed E-state index contributed by atoms with van der Waals surface area (Å²) >= 11 is 0. The van der Waals surface area contributed by atoms with Crippen molar-refractivity contribution in [3.8, 4) is 22.3 Å². The molecule has 5 aromatic carbocycles. The Morgan fingerprint density at radius 3 is 2.05 bits per heavy atom. The fraction of sp³-hybridized carbons (Fsp3) is 0.179. The van der Waals surface area contributed by atoms with Gasteiger partial charge in [0.05, 0.1) is 0 Å². The summed E-state index contributed by atoms with van der Waals surface area (Å²) in [6.45, 7) is 14.7. The molecule has 2 nitrogen and oxygen atoms in total. The average Bonchev–Trinajstić information content (AvgIpc) is 3.51. The largest absolute Gasteiger partial charge is 0.456 e. The van der Waals surface area contributed by atoms with E-state index in [1.165, 1.54) is 27.8 Å². The Bertz CT molecular complexity index is 1840. The third kappa shape index (κ3) is 4.95. The van der Waals surface area contributed by atoms with Crippen LogP contribution in [0.2, 0.25) is 0 Å². The van der Waals surface area contributed by atoms with Crippen LogP contribution in [-0.4, -0.2) is 0 Å². The Kier molecular flexibility index (Phi) is 7.85. The van der Waals surface area contributed by atoms with Crippen molar-refractivity contribution in [2.24, 2.45) is 5.73 Å². The smallest absolute Gasteiger partial charge is 0.136 e. The molecule has 0 spiro atoms. The first kappa shape index (κ1) is 28.0. The molecule has 0 fully saturated rings. The van der Waals surface area contributed by atoms with Gasteiger partial charge in [0.2, 0.25) is 0 Å². The molecule has 0 radical (unpaired) electrons. The fourth-order valence-electron chi connectivity index (χ4n) is 6.00. The van der Waals surface area contributed by atoms with E-state index in [0.717, 1.165) is 45.0 Å². The van der Waals surface area contributed by atoms with Gasteiger partial charge in [0.25, 0.3) is 0 Å². The Balaban J connectivity index is 0.000000160. The molecule has 2 N–H and O–H groups in total. The van der Waals surface area contributed by atoms with Crippen molar-refractivity contribution in [3.05, 3.63) is 138 Å². The maximum Gasteiger partial charge on any atom is 0.136 e. The summed E-state index contributed by atoms with van der Waals surface area (Å²) in [6.07, 6.45) is 1.10. The maximum atomic E-state index is 5.94. The van der Waals surface area contributed by atoms with Gasteiger partial charge in [0, 0.05) is 21.9 Å². The van der Waals surface area contributed by atoms with Crippen LogP contribution in [-0.2, 0) is 11.8 Å². The molecule has 0 unspecified atom stereocenters. The molecule has 7 rings (SSSR count). The van der Waals surface area contributed by atoms with E-state index < -0.39 is 0 Å². The van der Waals surface area contributed by atoms with Crippen molar-refractivity contribution >= 4 is 27.6 Å². The normalized spacial score (nSPS) is 12.5. The first-order valence-electron chi connectivity index (χ1n) is 14.6. The molecule has 2 heteroatoms. The van der Waals surface area contributed by atoms with Crippen LogP contribution in [0.4, 0.5) is 0 Å². The minimum atomic E-state index is 0.150. The van der Waals surface area contributed by atoms with Gasteiger partial charge in [-0.3, -0.25) is 0 Å². The SMILES string of the molecule is C=C(N)c1ccc(-c2cccc3oc4ccccc4c23)cc1.CC.CCc1cccc2c1-c1ccccc1C2(C)C. The molecule has 1 aliphatic rings. The highest BCUT2D eigenvalue weighted by atomic mass is 16.3. The van der Waals surface area contributed by atoms with Gasteiger partial charge in [-0.25, -0.2) is 0 Å². The standard InChI is InChI=1S/C20H15NO.C17H18.C2H6/c1-13(21)14-9-11-15(12-10-14)16-6-4-8-19-20(16)17-5-2-3-7-18(17)22-19;1-4-12-8-7-11-15-16(12)13-9-5-6-10-14(13)17(15,2)3;1-2/h2-12H,1,21H2;5-11H,4H2,1-3H3;1-2H3. The Morgan fingerprint density at radius 2 is 1.32 bits per heavy atom. The quantitative estimate of drug-likeness (QED) is 0.244. The zero-order chi connectivity index (χ0) is 29.1. The van der Waals surface area contributed by atoms with Crippen LogP contribution in [0.15, 0.2) is 120 Å². The monoisotopic (exact) mass is 537 g/mol. The van der Waals surface area contributed by atoms with Crippen molar-refractivity contribution < 1.29 is 4.42 Å². The summed E-state index contributed by atoms with van der Waals surface area (Å²) in [7, 11) is 0. The summed E-state index contributed by atoms with van der Waals surface area (Å²) in [5.41, 5.74) is 18.9. The molecule has 206 valence electrons. The molecule has 1 aromatic heterocycles. The van der Waals surface area contributed by atoms with E-state index in [1.54, 1.807) is 0 Å². The maximum absolute atomic E-state index is 5.94. The molecule has 41 heavy (non-hydrogen) atoms. The van der Waals surface area contributed by atoms with Gasteiger partial charge in [-0.1, -0.05) is 138 Å². The molecular formula is C39H39NO. The van der Waals surface area contributed by atoms with Crippen LogP contribution in [0.3, 0.4) is 0 Å². The van der Waals surface area contributed by atoms with Gasteiger partial charge in [-0.15, -0.1) is 0 Å². The van der Waals surface area contributed by atoms with E-state index in [-0.39, 0.29) is 5.41 Å². The summed E-state index contributed by atoms with van der Waals surface area (Å²) in [5, 5.41) is 2.29. The first-order chi connectivity index (χ1) is 19.9. The van der Waals surface area contributed by atoms with E-state index in [0.29, 0.717) is 5.70 Å². The fourth-order valence-corrected chi connectivity index (χ4v) is 6.00. The van der Waals surface area contributed by atoms with Crippen molar-refractivity contribution in [1.82, 2.24) is 0 Å². The van der Waals surface area contributed by atoms with Crippen LogP contribution < -0.4 is 5.73 Å². The molecule has 0 saturated carbocycles. The Labute approximate surface area is 244 Å². The van der Waals surface area contributed by atoms with Crippen molar-refractivity contribution in [1.29, 1.82) is 0 Å². The van der Waals surface area contributed by atoms with Gasteiger partial charge in [0.15, 0.2) is 0 Å². The Hall–Kier alpha value is -4.56.